The molecular formula is C20H22O5. The van der Waals surface area contributed by atoms with Gasteiger partial charge in [-0.05, 0) is 31.6 Å². The first kappa shape index (κ1) is 17.3. The predicted octanol–water partition coefficient (Wildman–Crippen LogP) is 3.15. The largest absolute Gasteiger partial charge is 0.490 e. The molecule has 0 aromatic heterocycles. The number of esters is 2. The van der Waals surface area contributed by atoms with Crippen LogP contribution in [0.25, 0.3) is 0 Å². The summed E-state index contributed by atoms with van der Waals surface area (Å²) in [6, 6.07) is 0. The quantitative estimate of drug-likeness (QED) is 0.438. The molecule has 1 fully saturated rings. The minimum absolute atomic E-state index is 0.291. The standard InChI is InChI=1S/C20H22O5/c1-10(2)19(21)25-16-7-11(3)6-15-8-14(20(22)24-15)9-17-18(16)12(4)13(5)23-17/h7-8,15-18H,1,4-6,9H2,2-3H3/b11-7+/t15-,16-,17?,18+/m1/s1. The zero-order valence-electron chi connectivity index (χ0n) is 14.5. The van der Waals surface area contributed by atoms with E-state index in [0.29, 0.717) is 35.3 Å². The maximum Gasteiger partial charge on any atom is 0.334 e. The number of hydrogen-bond donors (Lipinski definition) is 0. The van der Waals surface area contributed by atoms with Crippen LogP contribution < -0.4 is 0 Å². The Morgan fingerprint density at radius 2 is 1.96 bits per heavy atom. The fraction of sp³-hybridized carbons (Fsp3) is 0.400. The summed E-state index contributed by atoms with van der Waals surface area (Å²) < 4.78 is 16.9. The van der Waals surface area contributed by atoms with Gasteiger partial charge in [-0.15, -0.1) is 0 Å². The normalized spacial score (nSPS) is 33.4. The van der Waals surface area contributed by atoms with Crippen LogP contribution in [-0.4, -0.2) is 30.3 Å². The van der Waals surface area contributed by atoms with Crippen LogP contribution in [0.1, 0.15) is 26.7 Å². The van der Waals surface area contributed by atoms with Gasteiger partial charge < -0.3 is 14.2 Å². The van der Waals surface area contributed by atoms with E-state index in [4.69, 9.17) is 14.2 Å². The van der Waals surface area contributed by atoms with Crippen molar-refractivity contribution in [3.05, 3.63) is 59.9 Å². The average molecular weight is 342 g/mol. The van der Waals surface area contributed by atoms with Crippen LogP contribution in [0.15, 0.2) is 59.9 Å². The van der Waals surface area contributed by atoms with E-state index in [0.717, 1.165) is 5.57 Å². The van der Waals surface area contributed by atoms with Gasteiger partial charge in [0.15, 0.2) is 0 Å². The van der Waals surface area contributed by atoms with Gasteiger partial charge in [-0.1, -0.05) is 25.3 Å². The summed E-state index contributed by atoms with van der Waals surface area (Å²) in [5.74, 6) is -0.637. The van der Waals surface area contributed by atoms with Gasteiger partial charge in [0.25, 0.3) is 0 Å². The number of ether oxygens (including phenoxy) is 3. The summed E-state index contributed by atoms with van der Waals surface area (Å²) in [6.07, 6.45) is 3.42. The third kappa shape index (κ3) is 3.31. The molecule has 0 amide bonds. The van der Waals surface area contributed by atoms with E-state index in [-0.39, 0.29) is 24.1 Å². The molecule has 3 aliphatic rings. The van der Waals surface area contributed by atoms with Crippen molar-refractivity contribution in [1.82, 2.24) is 0 Å². The fourth-order valence-corrected chi connectivity index (χ4v) is 3.43. The first-order chi connectivity index (χ1) is 11.8. The lowest BCUT2D eigenvalue weighted by Gasteiger charge is -2.26. The molecule has 2 bridgehead atoms. The van der Waals surface area contributed by atoms with Crippen LogP contribution >= 0.6 is 0 Å². The molecule has 1 aliphatic carbocycles. The second kappa shape index (κ2) is 6.39. The predicted molar refractivity (Wildman–Crippen MR) is 92.3 cm³/mol. The zero-order chi connectivity index (χ0) is 18.3. The van der Waals surface area contributed by atoms with E-state index >= 15 is 0 Å². The van der Waals surface area contributed by atoms with E-state index in [1.165, 1.54) is 0 Å². The lowest BCUT2D eigenvalue weighted by atomic mass is 9.85. The van der Waals surface area contributed by atoms with E-state index < -0.39 is 12.1 Å². The molecule has 0 saturated carbocycles. The monoisotopic (exact) mass is 342 g/mol. The molecule has 5 nitrogen and oxygen atoms in total. The minimum Gasteiger partial charge on any atom is -0.490 e. The molecule has 3 rings (SSSR count). The summed E-state index contributed by atoms with van der Waals surface area (Å²) in [5.41, 5.74) is 2.55. The Kier molecular flexibility index (Phi) is 4.41. The van der Waals surface area contributed by atoms with Crippen molar-refractivity contribution in [1.29, 1.82) is 0 Å². The molecule has 4 atom stereocenters. The molecule has 2 aliphatic heterocycles. The number of rotatable bonds is 2. The zero-order valence-corrected chi connectivity index (χ0v) is 14.5. The third-order valence-electron chi connectivity index (χ3n) is 4.70. The molecule has 1 unspecified atom stereocenters. The highest BCUT2D eigenvalue weighted by molar-refractivity contribution is 5.91. The average Bonchev–Trinajstić information content (AvgIpc) is 2.98. The minimum atomic E-state index is -0.561. The number of fused-ring (bicyclic) bond motifs is 2. The summed E-state index contributed by atoms with van der Waals surface area (Å²) in [7, 11) is 0. The molecule has 25 heavy (non-hydrogen) atoms. The topological polar surface area (TPSA) is 61.8 Å². The van der Waals surface area contributed by atoms with Crippen molar-refractivity contribution < 1.29 is 23.8 Å². The summed E-state index contributed by atoms with van der Waals surface area (Å²) >= 11 is 0. The highest BCUT2D eigenvalue weighted by Crippen LogP contribution is 2.41. The molecule has 0 aromatic rings. The summed E-state index contributed by atoms with van der Waals surface area (Å²) in [5, 5.41) is 0. The van der Waals surface area contributed by atoms with Crippen LogP contribution in [0.4, 0.5) is 0 Å². The Morgan fingerprint density at radius 3 is 2.64 bits per heavy atom. The van der Waals surface area contributed by atoms with Crippen LogP contribution in [0.5, 0.6) is 0 Å². The third-order valence-corrected chi connectivity index (χ3v) is 4.70. The van der Waals surface area contributed by atoms with Gasteiger partial charge in [-0.25, -0.2) is 9.59 Å². The maximum absolute atomic E-state index is 12.1. The maximum atomic E-state index is 12.1. The van der Waals surface area contributed by atoms with Crippen LogP contribution in [0.2, 0.25) is 0 Å². The second-order valence-electron chi connectivity index (χ2n) is 6.84. The molecule has 0 spiro atoms. The van der Waals surface area contributed by atoms with Crippen LogP contribution in [-0.2, 0) is 23.8 Å². The van der Waals surface area contributed by atoms with Gasteiger partial charge in [0, 0.05) is 24.0 Å². The van der Waals surface area contributed by atoms with Gasteiger partial charge in [0.05, 0.1) is 5.92 Å². The number of carbonyl (C=O) groups is 2. The van der Waals surface area contributed by atoms with Gasteiger partial charge in [0.2, 0.25) is 0 Å². The number of hydrogen-bond acceptors (Lipinski definition) is 5. The molecule has 2 heterocycles. The van der Waals surface area contributed by atoms with Crippen molar-refractivity contribution in [2.45, 2.75) is 45.0 Å². The smallest absolute Gasteiger partial charge is 0.334 e. The Labute approximate surface area is 147 Å². The number of allylic oxidation sites excluding steroid dienone is 1. The molecule has 132 valence electrons. The molecule has 5 heteroatoms. The first-order valence-corrected chi connectivity index (χ1v) is 8.26. The second-order valence-corrected chi connectivity index (χ2v) is 6.84. The Bertz CT molecular complexity index is 739. The fourth-order valence-electron chi connectivity index (χ4n) is 3.43. The van der Waals surface area contributed by atoms with E-state index in [1.54, 1.807) is 6.92 Å². The van der Waals surface area contributed by atoms with Gasteiger partial charge >= 0.3 is 11.9 Å². The highest BCUT2D eigenvalue weighted by Gasteiger charge is 2.44. The summed E-state index contributed by atoms with van der Waals surface area (Å²) in [6.45, 7) is 15.1. The lowest BCUT2D eigenvalue weighted by Crippen LogP contribution is -2.33. The van der Waals surface area contributed by atoms with Crippen LogP contribution in [0, 0.1) is 5.92 Å². The van der Waals surface area contributed by atoms with Crippen molar-refractivity contribution in [2.24, 2.45) is 5.92 Å². The molecule has 1 saturated heterocycles. The van der Waals surface area contributed by atoms with Crippen molar-refractivity contribution in [2.75, 3.05) is 0 Å². The summed E-state index contributed by atoms with van der Waals surface area (Å²) in [4.78, 5) is 24.2. The van der Waals surface area contributed by atoms with Crippen LogP contribution in [0.3, 0.4) is 0 Å². The lowest BCUT2D eigenvalue weighted by molar-refractivity contribution is -0.145. The molecule has 0 aromatic carbocycles. The van der Waals surface area contributed by atoms with Crippen molar-refractivity contribution >= 4 is 11.9 Å². The Hall–Kier alpha value is -2.56. The Balaban J connectivity index is 1.99. The highest BCUT2D eigenvalue weighted by atomic mass is 16.6. The van der Waals surface area contributed by atoms with Gasteiger partial charge in [-0.3, -0.25) is 0 Å². The van der Waals surface area contributed by atoms with E-state index in [1.807, 2.05) is 19.1 Å². The Morgan fingerprint density at radius 1 is 1.24 bits per heavy atom. The molecule has 0 N–H and O–H groups in total. The number of carbonyl (C=O) groups excluding carboxylic acids is 2. The van der Waals surface area contributed by atoms with Gasteiger partial charge in [0.1, 0.15) is 24.1 Å². The van der Waals surface area contributed by atoms with Crippen molar-refractivity contribution in [3.63, 3.8) is 0 Å². The van der Waals surface area contributed by atoms with Crippen molar-refractivity contribution in [3.8, 4) is 0 Å². The molecule has 0 radical (unpaired) electrons. The molecular weight excluding hydrogens is 320 g/mol. The SMILES string of the molecule is C=C(C)C(=O)O[C@@H]1/C=C(\C)C[C@@H]2C=C(CC3OC(=C)C(=C)[C@H]31)C(=O)O2. The van der Waals surface area contributed by atoms with E-state index in [2.05, 4.69) is 19.7 Å². The van der Waals surface area contributed by atoms with Gasteiger partial charge in [-0.2, -0.15) is 0 Å². The first-order valence-electron chi connectivity index (χ1n) is 8.26. The van der Waals surface area contributed by atoms with E-state index in [9.17, 15) is 9.59 Å².